The van der Waals surface area contributed by atoms with Crippen molar-refractivity contribution in [2.75, 3.05) is 6.26 Å². The maximum absolute atomic E-state index is 14.1. The number of aliphatic hydroxyl groups is 1. The van der Waals surface area contributed by atoms with Crippen molar-refractivity contribution in [1.82, 2.24) is 0 Å². The maximum atomic E-state index is 14.1. The van der Waals surface area contributed by atoms with Gasteiger partial charge in [0, 0.05) is 16.0 Å². The molecule has 1 aromatic rings. The first kappa shape index (κ1) is 13.2. The van der Waals surface area contributed by atoms with Gasteiger partial charge in [0.1, 0.15) is 11.9 Å². The zero-order valence-corrected chi connectivity index (χ0v) is 11.4. The zero-order chi connectivity index (χ0) is 13.6. The molecule has 2 aliphatic rings. The molecule has 3 rings (SSSR count). The average molecular weight is 286 g/mol. The van der Waals surface area contributed by atoms with Gasteiger partial charge in [-0.2, -0.15) is 0 Å². The fraction of sp³-hybridized carbons (Fsp3) is 0.571. The highest BCUT2D eigenvalue weighted by atomic mass is 32.2. The van der Waals surface area contributed by atoms with Gasteiger partial charge in [-0.1, -0.05) is 0 Å². The Kier molecular flexibility index (Phi) is 3.43. The predicted molar refractivity (Wildman–Crippen MR) is 70.2 cm³/mol. The molecule has 1 aromatic carbocycles. The quantitative estimate of drug-likeness (QED) is 0.858. The van der Waals surface area contributed by atoms with E-state index in [-0.39, 0.29) is 11.7 Å². The Hall–Kier alpha value is -0.810. The number of ether oxygens (including phenoxy) is 1. The third-order valence-corrected chi connectivity index (χ3v) is 4.72. The molecular weight excluding hydrogens is 270 g/mol. The Bertz CT molecular complexity index is 491. The number of rotatable bonds is 3. The Labute approximate surface area is 115 Å². The van der Waals surface area contributed by atoms with E-state index >= 15 is 0 Å². The normalized spacial score (nSPS) is 30.0. The highest BCUT2D eigenvalue weighted by Gasteiger charge is 2.44. The first-order chi connectivity index (χ1) is 9.13. The van der Waals surface area contributed by atoms with E-state index in [1.54, 1.807) is 12.1 Å². The van der Waals surface area contributed by atoms with Crippen LogP contribution in [0.1, 0.15) is 42.7 Å². The minimum absolute atomic E-state index is 0.104. The summed E-state index contributed by atoms with van der Waals surface area (Å²) >= 11 is 1.38. The molecule has 1 saturated carbocycles. The van der Waals surface area contributed by atoms with Gasteiger partial charge in [0.05, 0.1) is 6.10 Å². The van der Waals surface area contributed by atoms with E-state index in [0.29, 0.717) is 16.2 Å². The van der Waals surface area contributed by atoms with Crippen molar-refractivity contribution in [3.63, 3.8) is 0 Å². The van der Waals surface area contributed by atoms with E-state index in [1.807, 2.05) is 6.26 Å². The lowest BCUT2D eigenvalue weighted by molar-refractivity contribution is 0.0448. The largest absolute Gasteiger partial charge is 0.490 e. The Morgan fingerprint density at radius 1 is 1.26 bits per heavy atom. The first-order valence-corrected chi connectivity index (χ1v) is 7.69. The van der Waals surface area contributed by atoms with Crippen LogP contribution in [-0.4, -0.2) is 23.6 Å². The standard InChI is InChI=1S/C14H16F2O2S/c1-19-9-6-5-8(18-7-3-2-4-7)10-11(9)14(17)13(16)12(10)15/h5-7,12-14,17H,2-4H2,1H3. The van der Waals surface area contributed by atoms with Crippen molar-refractivity contribution in [2.24, 2.45) is 0 Å². The van der Waals surface area contributed by atoms with Gasteiger partial charge >= 0.3 is 0 Å². The smallest absolute Gasteiger partial charge is 0.165 e. The molecule has 3 unspecified atom stereocenters. The highest BCUT2D eigenvalue weighted by Crippen LogP contribution is 2.51. The lowest BCUT2D eigenvalue weighted by Gasteiger charge is -2.28. The molecule has 2 aliphatic carbocycles. The molecule has 0 aliphatic heterocycles. The molecule has 3 atom stereocenters. The number of benzene rings is 1. The van der Waals surface area contributed by atoms with Crippen molar-refractivity contribution in [2.45, 2.75) is 48.7 Å². The van der Waals surface area contributed by atoms with Crippen LogP contribution in [-0.2, 0) is 0 Å². The van der Waals surface area contributed by atoms with E-state index in [2.05, 4.69) is 0 Å². The topological polar surface area (TPSA) is 29.5 Å². The molecule has 1 N–H and O–H groups in total. The predicted octanol–water partition coefficient (Wildman–Crippen LogP) is 3.74. The van der Waals surface area contributed by atoms with Gasteiger partial charge in [-0.15, -0.1) is 11.8 Å². The van der Waals surface area contributed by atoms with Crippen LogP contribution in [0.5, 0.6) is 5.75 Å². The fourth-order valence-electron chi connectivity index (χ4n) is 2.61. The monoisotopic (exact) mass is 286 g/mol. The van der Waals surface area contributed by atoms with E-state index < -0.39 is 18.4 Å². The summed E-state index contributed by atoms with van der Waals surface area (Å²) in [6.07, 6.45) is -0.129. The molecule has 1 fully saturated rings. The van der Waals surface area contributed by atoms with E-state index in [4.69, 9.17) is 4.74 Å². The van der Waals surface area contributed by atoms with E-state index in [9.17, 15) is 13.9 Å². The van der Waals surface area contributed by atoms with Crippen LogP contribution in [0.3, 0.4) is 0 Å². The first-order valence-electron chi connectivity index (χ1n) is 6.47. The fourth-order valence-corrected chi connectivity index (χ4v) is 3.27. The molecule has 0 amide bonds. The van der Waals surface area contributed by atoms with Crippen molar-refractivity contribution < 1.29 is 18.6 Å². The summed E-state index contributed by atoms with van der Waals surface area (Å²) in [6.45, 7) is 0. The second kappa shape index (κ2) is 4.94. The third-order valence-electron chi connectivity index (χ3n) is 3.93. The second-order valence-corrected chi connectivity index (χ2v) is 5.90. The molecule has 19 heavy (non-hydrogen) atoms. The third kappa shape index (κ3) is 2.03. The summed E-state index contributed by atoms with van der Waals surface area (Å²) in [5, 5.41) is 9.88. The molecule has 0 heterocycles. The highest BCUT2D eigenvalue weighted by molar-refractivity contribution is 7.98. The maximum Gasteiger partial charge on any atom is 0.165 e. The SMILES string of the molecule is CSc1ccc(OC2CCC2)c2c1C(O)C(F)C2F. The minimum atomic E-state index is -1.90. The summed E-state index contributed by atoms with van der Waals surface area (Å²) in [4.78, 5) is 0.714. The van der Waals surface area contributed by atoms with Crippen molar-refractivity contribution in [1.29, 1.82) is 0 Å². The van der Waals surface area contributed by atoms with Crippen LogP contribution in [0.4, 0.5) is 8.78 Å². The molecule has 2 nitrogen and oxygen atoms in total. The number of thioether (sulfide) groups is 1. The molecule has 0 radical (unpaired) electrons. The second-order valence-electron chi connectivity index (χ2n) is 5.06. The van der Waals surface area contributed by atoms with Crippen LogP contribution in [0, 0.1) is 0 Å². The summed E-state index contributed by atoms with van der Waals surface area (Å²) in [7, 11) is 0. The lowest BCUT2D eigenvalue weighted by Crippen LogP contribution is -2.25. The van der Waals surface area contributed by atoms with Crippen LogP contribution in [0.15, 0.2) is 17.0 Å². The van der Waals surface area contributed by atoms with E-state index in [1.165, 1.54) is 11.8 Å². The van der Waals surface area contributed by atoms with Crippen LogP contribution in [0.25, 0.3) is 0 Å². The van der Waals surface area contributed by atoms with Crippen LogP contribution >= 0.6 is 11.8 Å². The van der Waals surface area contributed by atoms with Crippen molar-refractivity contribution in [3.05, 3.63) is 23.3 Å². The van der Waals surface area contributed by atoms with Gasteiger partial charge in [-0.3, -0.25) is 0 Å². The lowest BCUT2D eigenvalue weighted by atomic mass is 9.96. The van der Waals surface area contributed by atoms with Gasteiger partial charge < -0.3 is 9.84 Å². The van der Waals surface area contributed by atoms with Gasteiger partial charge in [0.25, 0.3) is 0 Å². The number of aliphatic hydroxyl groups excluding tert-OH is 1. The zero-order valence-electron chi connectivity index (χ0n) is 10.6. The Balaban J connectivity index is 2.03. The number of fused-ring (bicyclic) bond motifs is 1. The van der Waals surface area contributed by atoms with E-state index in [0.717, 1.165) is 19.3 Å². The summed E-state index contributed by atoms with van der Waals surface area (Å²) in [5.41, 5.74) is 0.572. The average Bonchev–Trinajstić information content (AvgIpc) is 2.60. The molecule has 0 spiro atoms. The van der Waals surface area contributed by atoms with Crippen molar-refractivity contribution in [3.8, 4) is 5.75 Å². The minimum Gasteiger partial charge on any atom is -0.490 e. The number of halogens is 2. The molecule has 0 bridgehead atoms. The van der Waals surface area contributed by atoms with Gasteiger partial charge in [-0.25, -0.2) is 8.78 Å². The van der Waals surface area contributed by atoms with Gasteiger partial charge in [0.15, 0.2) is 12.3 Å². The summed E-state index contributed by atoms with van der Waals surface area (Å²) in [5.74, 6) is 0.393. The molecule has 0 saturated heterocycles. The summed E-state index contributed by atoms with van der Waals surface area (Å²) < 4.78 is 33.6. The Morgan fingerprint density at radius 2 is 2.00 bits per heavy atom. The number of hydrogen-bond donors (Lipinski definition) is 1. The molecule has 5 heteroatoms. The number of alkyl halides is 2. The van der Waals surface area contributed by atoms with Crippen LogP contribution in [0.2, 0.25) is 0 Å². The molecule has 0 aromatic heterocycles. The Morgan fingerprint density at radius 3 is 2.58 bits per heavy atom. The molecular formula is C14H16F2O2S. The van der Waals surface area contributed by atoms with Gasteiger partial charge in [0.2, 0.25) is 0 Å². The van der Waals surface area contributed by atoms with Crippen LogP contribution < -0.4 is 4.74 Å². The number of hydrogen-bond acceptors (Lipinski definition) is 3. The molecule has 104 valence electrons. The summed E-state index contributed by atoms with van der Waals surface area (Å²) in [6, 6.07) is 3.46. The van der Waals surface area contributed by atoms with Gasteiger partial charge in [-0.05, 0) is 37.7 Å². The van der Waals surface area contributed by atoms with Crippen molar-refractivity contribution >= 4 is 11.8 Å².